The Morgan fingerprint density at radius 2 is 1.69 bits per heavy atom. The first-order chi connectivity index (χ1) is 17.4. The monoisotopic (exact) mass is 487 g/mol. The molecule has 1 aliphatic carbocycles. The highest BCUT2D eigenvalue weighted by Crippen LogP contribution is 2.35. The first-order valence-corrected chi connectivity index (χ1v) is 11.9. The number of hydrogen-bond acceptors (Lipinski definition) is 4. The molecule has 2 atom stereocenters. The van der Waals surface area contributed by atoms with Gasteiger partial charge >= 0.3 is 6.09 Å². The van der Waals surface area contributed by atoms with Crippen LogP contribution in [0.25, 0.3) is 0 Å². The zero-order chi connectivity index (χ0) is 25.2. The fourth-order valence-corrected chi connectivity index (χ4v) is 4.21. The predicted octanol–water partition coefficient (Wildman–Crippen LogP) is 4.73. The van der Waals surface area contributed by atoms with Crippen molar-refractivity contribution in [2.75, 3.05) is 5.32 Å². The molecule has 5 rings (SSSR count). The van der Waals surface area contributed by atoms with E-state index < -0.39 is 30.0 Å². The number of ether oxygens (including phenoxy) is 1. The minimum Gasteiger partial charge on any atom is -0.438 e. The molecule has 0 bridgehead atoms. The number of aryl methyl sites for hydroxylation is 1. The third kappa shape index (κ3) is 5.07. The first-order valence-electron chi connectivity index (χ1n) is 11.9. The van der Waals surface area contributed by atoms with E-state index in [1.807, 2.05) is 31.2 Å². The summed E-state index contributed by atoms with van der Waals surface area (Å²) in [5.74, 6) is -1.43. The van der Waals surface area contributed by atoms with Crippen LogP contribution in [0, 0.1) is 12.7 Å². The van der Waals surface area contributed by atoms with Crippen molar-refractivity contribution >= 4 is 23.6 Å². The fraction of sp³-hybridized carbons (Fsp3) is 0.250. The summed E-state index contributed by atoms with van der Waals surface area (Å²) in [6, 6.07) is 19.5. The molecule has 0 aromatic heterocycles. The summed E-state index contributed by atoms with van der Waals surface area (Å²) in [5, 5.41) is 5.66. The van der Waals surface area contributed by atoms with Crippen LogP contribution in [0.2, 0.25) is 0 Å². The van der Waals surface area contributed by atoms with Gasteiger partial charge in [-0.3, -0.25) is 14.5 Å². The summed E-state index contributed by atoms with van der Waals surface area (Å²) in [7, 11) is 0. The number of benzene rings is 3. The maximum Gasteiger partial charge on any atom is 0.411 e. The Balaban J connectivity index is 1.36. The number of carbonyl (C=O) groups excluding carboxylic acids is 3. The number of nitrogens with zero attached hydrogens (tertiary/aromatic N) is 1. The molecule has 0 radical (unpaired) electrons. The number of cyclic esters (lactones) is 1. The van der Waals surface area contributed by atoms with Crippen molar-refractivity contribution in [1.82, 2.24) is 10.2 Å². The molecule has 1 aliphatic heterocycles. The van der Waals surface area contributed by atoms with Crippen LogP contribution in [0.4, 0.5) is 14.9 Å². The van der Waals surface area contributed by atoms with E-state index in [1.54, 1.807) is 30.3 Å². The van der Waals surface area contributed by atoms with Crippen LogP contribution >= 0.6 is 0 Å². The molecule has 2 N–H and O–H groups in total. The van der Waals surface area contributed by atoms with Crippen molar-refractivity contribution in [2.45, 2.75) is 44.5 Å². The highest BCUT2D eigenvalue weighted by Gasteiger charge is 2.47. The molecule has 3 amide bonds. The molecule has 2 unspecified atom stereocenters. The van der Waals surface area contributed by atoms with Gasteiger partial charge in [-0.2, -0.15) is 0 Å². The summed E-state index contributed by atoms with van der Waals surface area (Å²) in [6.45, 7) is 2.23. The van der Waals surface area contributed by atoms with Crippen LogP contribution in [0.3, 0.4) is 0 Å². The van der Waals surface area contributed by atoms with E-state index in [1.165, 1.54) is 23.1 Å². The largest absolute Gasteiger partial charge is 0.438 e. The van der Waals surface area contributed by atoms with Gasteiger partial charge in [-0.15, -0.1) is 0 Å². The van der Waals surface area contributed by atoms with Crippen LogP contribution in [-0.2, 0) is 16.1 Å². The third-order valence-electron chi connectivity index (χ3n) is 6.37. The molecule has 184 valence electrons. The van der Waals surface area contributed by atoms with Gasteiger partial charge in [-0.25, -0.2) is 9.18 Å². The van der Waals surface area contributed by atoms with Gasteiger partial charge in [-0.1, -0.05) is 54.1 Å². The Morgan fingerprint density at radius 1 is 1.00 bits per heavy atom. The number of amides is 3. The number of carbonyl (C=O) groups is 3. The van der Waals surface area contributed by atoms with E-state index >= 15 is 0 Å². The van der Waals surface area contributed by atoms with E-state index in [-0.39, 0.29) is 24.1 Å². The lowest BCUT2D eigenvalue weighted by Crippen LogP contribution is -2.46. The highest BCUT2D eigenvalue weighted by atomic mass is 19.1. The zero-order valence-corrected chi connectivity index (χ0v) is 19.7. The van der Waals surface area contributed by atoms with Crippen LogP contribution in [-0.4, -0.2) is 34.9 Å². The van der Waals surface area contributed by atoms with Crippen molar-refractivity contribution in [1.29, 1.82) is 0 Å². The molecule has 1 saturated heterocycles. The molecule has 36 heavy (non-hydrogen) atoms. The summed E-state index contributed by atoms with van der Waals surface area (Å²) in [6.07, 6.45) is 0.477. The average Bonchev–Trinajstić information content (AvgIpc) is 3.62. The molecule has 7 nitrogen and oxygen atoms in total. The number of hydrogen-bond donors (Lipinski definition) is 2. The molecular formula is C28H26FN3O4. The van der Waals surface area contributed by atoms with Crippen LogP contribution in [0.1, 0.15) is 46.0 Å². The number of halogens is 1. The topological polar surface area (TPSA) is 87.7 Å². The maximum absolute atomic E-state index is 13.9. The van der Waals surface area contributed by atoms with Crippen LogP contribution in [0.5, 0.6) is 0 Å². The lowest BCUT2D eigenvalue weighted by Gasteiger charge is -2.24. The maximum atomic E-state index is 13.9. The molecule has 3 aromatic rings. The average molecular weight is 488 g/mol. The summed E-state index contributed by atoms with van der Waals surface area (Å²) >= 11 is 0. The standard InChI is InChI=1S/C28H26FN3O4/c1-17-6-8-18(9-7-17)16-32-24(27(34)31-21-14-15-21)25(36-28(32)35)19-10-12-20(13-11-19)30-26(33)22-4-2-3-5-23(22)29/h2-13,21,24-25H,14-16H2,1H3,(H,30,33)(H,31,34). The van der Waals surface area contributed by atoms with E-state index in [9.17, 15) is 18.8 Å². The molecule has 0 spiro atoms. The predicted molar refractivity (Wildman–Crippen MR) is 132 cm³/mol. The highest BCUT2D eigenvalue weighted by molar-refractivity contribution is 6.04. The summed E-state index contributed by atoms with van der Waals surface area (Å²) in [5.41, 5.74) is 3.01. The Labute approximate surface area is 208 Å². The molecular weight excluding hydrogens is 461 g/mol. The second kappa shape index (κ2) is 9.81. The molecule has 3 aromatic carbocycles. The zero-order valence-electron chi connectivity index (χ0n) is 19.7. The van der Waals surface area contributed by atoms with E-state index in [0.29, 0.717) is 11.3 Å². The van der Waals surface area contributed by atoms with Gasteiger partial charge < -0.3 is 15.4 Å². The first kappa shape index (κ1) is 23.5. The Hall–Kier alpha value is -4.20. The molecule has 1 saturated carbocycles. The number of nitrogens with one attached hydrogen (secondary N) is 2. The van der Waals surface area contributed by atoms with Crippen molar-refractivity contribution in [3.05, 3.63) is 101 Å². The van der Waals surface area contributed by atoms with E-state index in [0.717, 1.165) is 24.0 Å². The lowest BCUT2D eigenvalue weighted by molar-refractivity contribution is -0.126. The van der Waals surface area contributed by atoms with Gasteiger partial charge in [0.25, 0.3) is 5.91 Å². The quantitative estimate of drug-likeness (QED) is 0.505. The SMILES string of the molecule is Cc1ccc(CN2C(=O)OC(c3ccc(NC(=O)c4ccccc4F)cc3)C2C(=O)NC2CC2)cc1. The van der Waals surface area contributed by atoms with Gasteiger partial charge in [0.2, 0.25) is 5.91 Å². The van der Waals surface area contributed by atoms with Crippen molar-refractivity contribution in [2.24, 2.45) is 0 Å². The number of rotatable bonds is 7. The summed E-state index contributed by atoms with van der Waals surface area (Å²) < 4.78 is 19.6. The Bertz CT molecular complexity index is 1290. The molecule has 1 heterocycles. The minimum absolute atomic E-state index is 0.0603. The van der Waals surface area contributed by atoms with Crippen LogP contribution < -0.4 is 10.6 Å². The second-order valence-electron chi connectivity index (χ2n) is 9.20. The third-order valence-corrected chi connectivity index (χ3v) is 6.37. The molecule has 2 fully saturated rings. The van der Waals surface area contributed by atoms with Crippen molar-refractivity contribution in [3.8, 4) is 0 Å². The smallest absolute Gasteiger partial charge is 0.411 e. The minimum atomic E-state index is -0.835. The van der Waals surface area contributed by atoms with Gasteiger partial charge in [0.1, 0.15) is 5.82 Å². The van der Waals surface area contributed by atoms with Crippen LogP contribution in [0.15, 0.2) is 72.8 Å². The summed E-state index contributed by atoms with van der Waals surface area (Å²) in [4.78, 5) is 40.0. The van der Waals surface area contributed by atoms with Crippen molar-refractivity contribution in [3.63, 3.8) is 0 Å². The van der Waals surface area contributed by atoms with Crippen molar-refractivity contribution < 1.29 is 23.5 Å². The fourth-order valence-electron chi connectivity index (χ4n) is 4.21. The lowest BCUT2D eigenvalue weighted by atomic mass is 10.00. The number of anilines is 1. The van der Waals surface area contributed by atoms with Gasteiger partial charge in [-0.05, 0) is 55.2 Å². The van der Waals surface area contributed by atoms with E-state index in [4.69, 9.17) is 4.74 Å². The second-order valence-corrected chi connectivity index (χ2v) is 9.20. The Morgan fingerprint density at radius 3 is 2.36 bits per heavy atom. The normalized spacial score (nSPS) is 19.1. The van der Waals surface area contributed by atoms with Gasteiger partial charge in [0.15, 0.2) is 12.1 Å². The van der Waals surface area contributed by atoms with Gasteiger partial charge in [0, 0.05) is 11.7 Å². The van der Waals surface area contributed by atoms with Gasteiger partial charge in [0.05, 0.1) is 12.1 Å². The Kier molecular flexibility index (Phi) is 6.41. The molecule has 8 heteroatoms. The van der Waals surface area contributed by atoms with E-state index in [2.05, 4.69) is 10.6 Å². The molecule has 2 aliphatic rings.